The van der Waals surface area contributed by atoms with Crippen LogP contribution in [0, 0.1) is 11.8 Å². The largest absolute Gasteiger partial charge is 0.510 e. The number of carbonyl (C=O) groups is 2. The minimum Gasteiger partial charge on any atom is -0.429 e. The van der Waals surface area contributed by atoms with Gasteiger partial charge in [-0.2, -0.15) is 0 Å². The summed E-state index contributed by atoms with van der Waals surface area (Å²) in [6.07, 6.45) is -2.95. The van der Waals surface area contributed by atoms with E-state index in [-0.39, 0.29) is 0 Å². The summed E-state index contributed by atoms with van der Waals surface area (Å²) in [4.78, 5) is 22.9. The molecule has 0 saturated heterocycles. The Labute approximate surface area is 132 Å². The molecule has 0 rings (SSSR count). The van der Waals surface area contributed by atoms with Crippen molar-refractivity contribution in [3.63, 3.8) is 0 Å². The second-order valence-corrected chi connectivity index (χ2v) is 6.74. The third-order valence-corrected chi connectivity index (χ3v) is 1.81. The predicted molar refractivity (Wildman–Crippen MR) is 81.3 cm³/mol. The van der Waals surface area contributed by atoms with E-state index in [2.05, 4.69) is 11.8 Å². The first-order valence-electron chi connectivity index (χ1n) is 7.09. The van der Waals surface area contributed by atoms with Gasteiger partial charge in [0.05, 0.1) is 0 Å². The van der Waals surface area contributed by atoms with Crippen LogP contribution < -0.4 is 0 Å². The van der Waals surface area contributed by atoms with E-state index in [9.17, 15) is 9.59 Å². The lowest BCUT2D eigenvalue weighted by atomic mass is 10.2. The van der Waals surface area contributed by atoms with Crippen LogP contribution in [0.25, 0.3) is 0 Å². The summed E-state index contributed by atoms with van der Waals surface area (Å²) in [6, 6.07) is 0. The van der Waals surface area contributed by atoms with Gasteiger partial charge in [0.1, 0.15) is 11.2 Å². The van der Waals surface area contributed by atoms with E-state index in [1.165, 1.54) is 0 Å². The molecule has 0 radical (unpaired) electrons. The summed E-state index contributed by atoms with van der Waals surface area (Å²) in [7, 11) is 0. The van der Waals surface area contributed by atoms with Gasteiger partial charge in [-0.05, 0) is 55.4 Å². The molecule has 2 atom stereocenters. The van der Waals surface area contributed by atoms with Crippen LogP contribution in [0.3, 0.4) is 0 Å². The topological polar surface area (TPSA) is 71.1 Å². The minimum absolute atomic E-state index is 0.628. The van der Waals surface area contributed by atoms with E-state index >= 15 is 0 Å². The summed E-state index contributed by atoms with van der Waals surface area (Å²) in [5.74, 6) is 5.32. The Bertz CT molecular complexity index is 404. The summed E-state index contributed by atoms with van der Waals surface area (Å²) >= 11 is 0. The Kier molecular flexibility index (Phi) is 7.24. The number of ether oxygens (including phenoxy) is 4. The van der Waals surface area contributed by atoms with Gasteiger partial charge in [-0.1, -0.05) is 11.8 Å². The van der Waals surface area contributed by atoms with Gasteiger partial charge < -0.3 is 18.9 Å². The van der Waals surface area contributed by atoms with Crippen molar-refractivity contribution in [2.24, 2.45) is 0 Å². The highest BCUT2D eigenvalue weighted by Crippen LogP contribution is 2.10. The standard InChI is InChI=1S/C16H26O6/c1-11(19-13(17)21-15(3,4)5)9-10-12(2)20-14(18)22-16(6,7)8/h11-12H,1-8H3/i1+1,11+1. The predicted octanol–water partition coefficient (Wildman–Crippen LogP) is 3.67. The molecule has 0 saturated carbocycles. The molecular weight excluding hydrogens is 290 g/mol. The fourth-order valence-corrected chi connectivity index (χ4v) is 1.13. The van der Waals surface area contributed by atoms with Crippen LogP contribution in [0.2, 0.25) is 0 Å². The summed E-state index contributed by atoms with van der Waals surface area (Å²) in [5.41, 5.74) is -1.26. The van der Waals surface area contributed by atoms with E-state index in [0.717, 1.165) is 0 Å². The van der Waals surface area contributed by atoms with Crippen LogP contribution in [0.1, 0.15) is 55.4 Å². The first kappa shape index (κ1) is 20.1. The quantitative estimate of drug-likeness (QED) is 0.440. The minimum atomic E-state index is -0.796. The van der Waals surface area contributed by atoms with E-state index in [1.54, 1.807) is 55.4 Å². The molecule has 22 heavy (non-hydrogen) atoms. The summed E-state index contributed by atoms with van der Waals surface area (Å²) in [6.45, 7) is 13.6. The van der Waals surface area contributed by atoms with Gasteiger partial charge in [0.2, 0.25) is 0 Å². The first-order chi connectivity index (χ1) is 9.78. The van der Waals surface area contributed by atoms with Crippen molar-refractivity contribution in [3.05, 3.63) is 0 Å². The third kappa shape index (κ3) is 11.9. The molecular formula is C16H26O6. The van der Waals surface area contributed by atoms with Crippen LogP contribution in [-0.4, -0.2) is 35.7 Å². The molecule has 0 spiro atoms. The Balaban J connectivity index is 4.31. The Morgan fingerprint density at radius 3 is 1.23 bits per heavy atom. The van der Waals surface area contributed by atoms with Gasteiger partial charge in [-0.15, -0.1) is 0 Å². The van der Waals surface area contributed by atoms with Crippen LogP contribution >= 0.6 is 0 Å². The molecule has 0 bridgehead atoms. The molecule has 6 nitrogen and oxygen atoms in total. The first-order valence-corrected chi connectivity index (χ1v) is 7.09. The van der Waals surface area contributed by atoms with E-state index in [1.807, 2.05) is 0 Å². The Hall–Kier alpha value is -1.90. The average molecular weight is 316 g/mol. The monoisotopic (exact) mass is 316 g/mol. The van der Waals surface area contributed by atoms with Crippen LogP contribution in [-0.2, 0) is 18.9 Å². The smallest absolute Gasteiger partial charge is 0.429 e. The fourth-order valence-electron chi connectivity index (χ4n) is 1.13. The maximum Gasteiger partial charge on any atom is 0.510 e. The molecule has 0 fully saturated rings. The molecule has 126 valence electrons. The molecule has 2 unspecified atom stereocenters. The van der Waals surface area contributed by atoms with Crippen molar-refractivity contribution in [3.8, 4) is 11.8 Å². The van der Waals surface area contributed by atoms with Crippen LogP contribution in [0.5, 0.6) is 0 Å². The van der Waals surface area contributed by atoms with E-state index in [4.69, 9.17) is 18.9 Å². The van der Waals surface area contributed by atoms with Crippen molar-refractivity contribution in [2.45, 2.75) is 78.8 Å². The molecule has 0 aliphatic heterocycles. The second kappa shape index (κ2) is 7.92. The molecule has 0 amide bonds. The molecule has 0 aliphatic rings. The lowest BCUT2D eigenvalue weighted by molar-refractivity contribution is -0.0169. The van der Waals surface area contributed by atoms with Gasteiger partial charge in [-0.3, -0.25) is 0 Å². The van der Waals surface area contributed by atoms with Crippen molar-refractivity contribution >= 4 is 12.3 Å². The van der Waals surface area contributed by atoms with E-state index in [0.29, 0.717) is 0 Å². The number of rotatable bonds is 2. The molecule has 0 aromatic rings. The SMILES string of the molecule is CC(C#C[13CH]([13CH3])OC(=O)OC(C)(C)C)OC(=O)OC(C)(C)C. The van der Waals surface area contributed by atoms with Crippen molar-refractivity contribution in [2.75, 3.05) is 0 Å². The highest BCUT2D eigenvalue weighted by Gasteiger charge is 2.20. The lowest BCUT2D eigenvalue weighted by Gasteiger charge is -2.20. The molecule has 0 aliphatic carbocycles. The molecule has 0 aromatic carbocycles. The number of hydrogen-bond donors (Lipinski definition) is 0. The molecule has 0 aromatic heterocycles. The van der Waals surface area contributed by atoms with Crippen molar-refractivity contribution in [1.82, 2.24) is 0 Å². The average Bonchev–Trinajstić information content (AvgIpc) is 2.20. The van der Waals surface area contributed by atoms with E-state index < -0.39 is 35.7 Å². The van der Waals surface area contributed by atoms with Gasteiger partial charge in [0.15, 0.2) is 12.2 Å². The van der Waals surface area contributed by atoms with Crippen LogP contribution in [0.15, 0.2) is 0 Å². The number of hydrogen-bond acceptors (Lipinski definition) is 6. The van der Waals surface area contributed by atoms with Crippen molar-refractivity contribution in [1.29, 1.82) is 0 Å². The molecule has 0 N–H and O–H groups in total. The summed E-state index contributed by atoms with van der Waals surface area (Å²) in [5, 5.41) is 0. The zero-order chi connectivity index (χ0) is 17.6. The maximum atomic E-state index is 11.4. The zero-order valence-electron chi connectivity index (χ0n) is 14.6. The highest BCUT2D eigenvalue weighted by molar-refractivity contribution is 5.61. The Morgan fingerprint density at radius 2 is 1.00 bits per heavy atom. The van der Waals surface area contributed by atoms with Gasteiger partial charge in [0.25, 0.3) is 0 Å². The van der Waals surface area contributed by atoms with Gasteiger partial charge >= 0.3 is 12.3 Å². The fraction of sp³-hybridized carbons (Fsp3) is 0.750. The molecule has 0 heterocycles. The van der Waals surface area contributed by atoms with Gasteiger partial charge in [0, 0.05) is 0 Å². The maximum absolute atomic E-state index is 11.4. The highest BCUT2D eigenvalue weighted by atomic mass is 16.8. The number of carbonyl (C=O) groups excluding carboxylic acids is 2. The lowest BCUT2D eigenvalue weighted by Crippen LogP contribution is -2.27. The zero-order valence-corrected chi connectivity index (χ0v) is 14.6. The van der Waals surface area contributed by atoms with Gasteiger partial charge in [-0.25, -0.2) is 9.59 Å². The normalized spacial score (nSPS) is 14.0. The second-order valence-electron chi connectivity index (χ2n) is 6.74. The Morgan fingerprint density at radius 1 is 0.727 bits per heavy atom. The third-order valence-electron chi connectivity index (χ3n) is 1.81. The summed E-state index contributed by atoms with van der Waals surface area (Å²) < 4.78 is 19.9. The molecule has 6 heteroatoms. The van der Waals surface area contributed by atoms with Crippen molar-refractivity contribution < 1.29 is 28.5 Å². The van der Waals surface area contributed by atoms with Crippen LogP contribution in [0.4, 0.5) is 9.59 Å².